The molecule has 0 saturated heterocycles. The van der Waals surface area contributed by atoms with E-state index in [2.05, 4.69) is 5.32 Å². The average molecular weight is 419 g/mol. The third-order valence-electron chi connectivity index (χ3n) is 5.06. The van der Waals surface area contributed by atoms with Gasteiger partial charge in [-0.1, -0.05) is 18.2 Å². The molecule has 0 radical (unpaired) electrons. The summed E-state index contributed by atoms with van der Waals surface area (Å²) < 4.78 is 39.9. The first-order valence-corrected chi connectivity index (χ1v) is 11.5. The Hall–Kier alpha value is -2.29. The number of halogens is 1. The highest BCUT2D eigenvalue weighted by Crippen LogP contribution is 2.34. The number of benzene rings is 2. The number of amides is 1. The van der Waals surface area contributed by atoms with E-state index >= 15 is 0 Å². The molecular formula is C20H19FN2O3S2. The largest absolute Gasteiger partial charge is 0.321 e. The second-order valence-corrected chi connectivity index (χ2v) is 9.95. The molecule has 2 heterocycles. The van der Waals surface area contributed by atoms with E-state index in [-0.39, 0.29) is 11.7 Å². The number of sulfonamides is 1. The average Bonchev–Trinajstić information content (AvgIpc) is 2.99. The zero-order chi connectivity index (χ0) is 20.1. The zero-order valence-electron chi connectivity index (χ0n) is 15.5. The first kappa shape index (κ1) is 19.0. The molecule has 1 aromatic heterocycles. The van der Waals surface area contributed by atoms with Crippen molar-refractivity contribution in [2.75, 3.05) is 18.1 Å². The third-order valence-corrected chi connectivity index (χ3v) is 7.56. The van der Waals surface area contributed by atoms with Crippen molar-refractivity contribution in [1.82, 2.24) is 4.31 Å². The Balaban J connectivity index is 1.65. The molecule has 28 heavy (non-hydrogen) atoms. The van der Waals surface area contributed by atoms with E-state index in [1.165, 1.54) is 28.0 Å². The number of nitrogens with zero attached hydrogens (tertiary/aromatic N) is 1. The van der Waals surface area contributed by atoms with E-state index in [1.54, 1.807) is 25.1 Å². The number of hydrogen-bond donors (Lipinski definition) is 1. The van der Waals surface area contributed by atoms with Gasteiger partial charge in [0.15, 0.2) is 0 Å². The predicted molar refractivity (Wildman–Crippen MR) is 110 cm³/mol. The summed E-state index contributed by atoms with van der Waals surface area (Å²) in [7, 11) is -3.26. The van der Waals surface area contributed by atoms with Crippen LogP contribution in [0.25, 0.3) is 10.1 Å². The normalized spacial score (nSPS) is 14.8. The molecule has 2 aromatic carbocycles. The summed E-state index contributed by atoms with van der Waals surface area (Å²) in [5.74, 6) is -0.611. The fourth-order valence-electron chi connectivity index (χ4n) is 3.63. The highest BCUT2D eigenvalue weighted by molar-refractivity contribution is 7.88. The number of anilines is 1. The summed E-state index contributed by atoms with van der Waals surface area (Å²) in [6, 6.07) is 10.3. The van der Waals surface area contributed by atoms with Crippen LogP contribution in [0.2, 0.25) is 0 Å². The Labute approximate surface area is 166 Å². The third kappa shape index (κ3) is 3.32. The van der Waals surface area contributed by atoms with Crippen LogP contribution in [-0.4, -0.2) is 31.4 Å². The number of nitrogens with one attached hydrogen (secondary N) is 1. The van der Waals surface area contributed by atoms with Gasteiger partial charge in [-0.05, 0) is 48.2 Å². The van der Waals surface area contributed by atoms with Crippen molar-refractivity contribution >= 4 is 43.0 Å². The minimum Gasteiger partial charge on any atom is -0.321 e. The maximum Gasteiger partial charge on any atom is 0.266 e. The van der Waals surface area contributed by atoms with Crippen molar-refractivity contribution in [3.05, 3.63) is 63.8 Å². The fourth-order valence-corrected chi connectivity index (χ4v) is 5.55. The van der Waals surface area contributed by atoms with Crippen LogP contribution in [0.1, 0.15) is 26.4 Å². The molecular weight excluding hydrogens is 399 g/mol. The lowest BCUT2D eigenvalue weighted by Crippen LogP contribution is -2.35. The minimum atomic E-state index is -3.26. The molecule has 0 spiro atoms. The van der Waals surface area contributed by atoms with E-state index in [1.807, 2.05) is 12.1 Å². The van der Waals surface area contributed by atoms with E-state index in [9.17, 15) is 17.6 Å². The molecule has 1 N–H and O–H groups in total. The molecule has 1 aliphatic heterocycles. The van der Waals surface area contributed by atoms with Crippen LogP contribution in [0.5, 0.6) is 0 Å². The molecule has 0 unspecified atom stereocenters. The molecule has 4 rings (SSSR count). The lowest BCUT2D eigenvalue weighted by atomic mass is 9.99. The second kappa shape index (κ2) is 6.95. The van der Waals surface area contributed by atoms with Gasteiger partial charge < -0.3 is 5.32 Å². The van der Waals surface area contributed by atoms with Gasteiger partial charge in [0, 0.05) is 28.9 Å². The summed E-state index contributed by atoms with van der Waals surface area (Å²) >= 11 is 1.27. The standard InChI is InChI=1S/C20H19FN2O3S2/c1-12-18-15(21)6-4-8-17(18)27-19(12)20(24)22-16-7-3-5-13-11-23(28(2,25)26)10-9-14(13)16/h3-8H,9-11H2,1-2H3,(H,22,24). The van der Waals surface area contributed by atoms with Crippen LogP contribution in [-0.2, 0) is 23.0 Å². The summed E-state index contributed by atoms with van der Waals surface area (Å²) in [6.45, 7) is 2.43. The molecule has 0 saturated carbocycles. The highest BCUT2D eigenvalue weighted by Gasteiger charge is 2.25. The lowest BCUT2D eigenvalue weighted by molar-refractivity contribution is 0.103. The zero-order valence-corrected chi connectivity index (χ0v) is 17.1. The van der Waals surface area contributed by atoms with E-state index < -0.39 is 10.0 Å². The number of rotatable bonds is 3. The SMILES string of the molecule is Cc1c(C(=O)Nc2cccc3c2CCN(S(C)(=O)=O)C3)sc2cccc(F)c12. The van der Waals surface area contributed by atoms with Gasteiger partial charge in [0.1, 0.15) is 5.82 Å². The van der Waals surface area contributed by atoms with Crippen LogP contribution >= 0.6 is 11.3 Å². The minimum absolute atomic E-state index is 0.281. The molecule has 0 bridgehead atoms. The van der Waals surface area contributed by atoms with Crippen LogP contribution in [0.15, 0.2) is 36.4 Å². The van der Waals surface area contributed by atoms with Crippen molar-refractivity contribution in [3.8, 4) is 0 Å². The Morgan fingerprint density at radius 1 is 1.21 bits per heavy atom. The molecule has 1 amide bonds. The number of hydrogen-bond acceptors (Lipinski definition) is 4. The summed E-state index contributed by atoms with van der Waals surface area (Å²) in [4.78, 5) is 13.4. The summed E-state index contributed by atoms with van der Waals surface area (Å²) in [5, 5.41) is 3.43. The predicted octanol–water partition coefficient (Wildman–Crippen LogP) is 3.92. The molecule has 0 atom stereocenters. The van der Waals surface area contributed by atoms with Gasteiger partial charge in [-0.2, -0.15) is 4.31 Å². The summed E-state index contributed by atoms with van der Waals surface area (Å²) in [5.41, 5.74) is 3.13. The van der Waals surface area contributed by atoms with Gasteiger partial charge in [-0.3, -0.25) is 4.79 Å². The molecule has 146 valence electrons. The number of fused-ring (bicyclic) bond motifs is 2. The van der Waals surface area contributed by atoms with E-state index in [0.717, 1.165) is 15.8 Å². The van der Waals surface area contributed by atoms with Gasteiger partial charge in [0.05, 0.1) is 11.1 Å². The van der Waals surface area contributed by atoms with Gasteiger partial charge in [0.2, 0.25) is 10.0 Å². The monoisotopic (exact) mass is 418 g/mol. The molecule has 5 nitrogen and oxygen atoms in total. The van der Waals surface area contributed by atoms with Crippen molar-refractivity contribution in [1.29, 1.82) is 0 Å². The number of carbonyl (C=O) groups excluding carboxylic acids is 1. The Kier molecular flexibility index (Phi) is 4.73. The summed E-state index contributed by atoms with van der Waals surface area (Å²) in [6.07, 6.45) is 1.73. The quantitative estimate of drug-likeness (QED) is 0.701. The fraction of sp³-hybridized carbons (Fsp3) is 0.250. The van der Waals surface area contributed by atoms with E-state index in [0.29, 0.717) is 41.0 Å². The first-order chi connectivity index (χ1) is 13.3. The number of aryl methyl sites for hydroxylation is 1. The molecule has 1 aliphatic rings. The van der Waals surface area contributed by atoms with Crippen molar-refractivity contribution in [2.45, 2.75) is 19.9 Å². The number of carbonyl (C=O) groups is 1. The Morgan fingerprint density at radius 2 is 1.96 bits per heavy atom. The van der Waals surface area contributed by atoms with Crippen LogP contribution in [0.4, 0.5) is 10.1 Å². The Bertz CT molecular complexity index is 1200. The lowest BCUT2D eigenvalue weighted by Gasteiger charge is -2.28. The van der Waals surface area contributed by atoms with Gasteiger partial charge in [-0.15, -0.1) is 11.3 Å². The van der Waals surface area contributed by atoms with E-state index in [4.69, 9.17) is 0 Å². The molecule has 8 heteroatoms. The van der Waals surface area contributed by atoms with Gasteiger partial charge in [-0.25, -0.2) is 12.8 Å². The maximum atomic E-state index is 14.1. The van der Waals surface area contributed by atoms with Gasteiger partial charge in [0.25, 0.3) is 5.91 Å². The molecule has 0 fully saturated rings. The molecule has 0 aliphatic carbocycles. The van der Waals surface area contributed by atoms with Crippen molar-refractivity contribution in [3.63, 3.8) is 0 Å². The first-order valence-electron chi connectivity index (χ1n) is 8.80. The van der Waals surface area contributed by atoms with Crippen LogP contribution < -0.4 is 5.32 Å². The van der Waals surface area contributed by atoms with Crippen LogP contribution in [0.3, 0.4) is 0 Å². The van der Waals surface area contributed by atoms with Crippen molar-refractivity contribution in [2.24, 2.45) is 0 Å². The molecule has 3 aromatic rings. The van der Waals surface area contributed by atoms with Crippen LogP contribution in [0, 0.1) is 12.7 Å². The number of thiophene rings is 1. The topological polar surface area (TPSA) is 66.5 Å². The smallest absolute Gasteiger partial charge is 0.266 e. The second-order valence-electron chi connectivity index (χ2n) is 6.91. The van der Waals surface area contributed by atoms with Gasteiger partial charge >= 0.3 is 0 Å². The van der Waals surface area contributed by atoms with Crippen molar-refractivity contribution < 1.29 is 17.6 Å². The Morgan fingerprint density at radius 3 is 2.68 bits per heavy atom. The maximum absolute atomic E-state index is 14.1. The highest BCUT2D eigenvalue weighted by atomic mass is 32.2.